The highest BCUT2D eigenvalue weighted by Gasteiger charge is 2.26. The Morgan fingerprint density at radius 1 is 1.31 bits per heavy atom. The Balaban J connectivity index is 1.69. The first-order chi connectivity index (χ1) is 12.5. The minimum Gasteiger partial charge on any atom is -0.348 e. The Kier molecular flexibility index (Phi) is 4.28. The highest BCUT2D eigenvalue weighted by Crippen LogP contribution is 2.29. The number of nitrogens with zero attached hydrogens (tertiary/aromatic N) is 4. The van der Waals surface area contributed by atoms with Crippen molar-refractivity contribution in [2.45, 2.75) is 26.3 Å². The summed E-state index contributed by atoms with van der Waals surface area (Å²) < 4.78 is 14.2. The molecule has 3 aromatic rings. The summed E-state index contributed by atoms with van der Waals surface area (Å²) >= 11 is 1.53. The molecule has 1 fully saturated rings. The molecule has 0 radical (unpaired) electrons. The average Bonchev–Trinajstić information content (AvgIpc) is 2.92. The van der Waals surface area contributed by atoms with Crippen LogP contribution in [0.1, 0.15) is 40.3 Å². The number of amides is 1. The van der Waals surface area contributed by atoms with Crippen LogP contribution in [0.15, 0.2) is 24.5 Å². The molecule has 8 heteroatoms. The van der Waals surface area contributed by atoms with Crippen molar-refractivity contribution in [3.8, 4) is 0 Å². The molecule has 1 aliphatic heterocycles. The summed E-state index contributed by atoms with van der Waals surface area (Å²) in [6.45, 7) is 5.39. The van der Waals surface area contributed by atoms with Gasteiger partial charge in [0.15, 0.2) is 5.69 Å². The van der Waals surface area contributed by atoms with Crippen molar-refractivity contribution in [2.75, 3.05) is 18.4 Å². The molecule has 1 atom stereocenters. The van der Waals surface area contributed by atoms with Gasteiger partial charge in [-0.2, -0.15) is 0 Å². The highest BCUT2D eigenvalue weighted by atomic mass is 32.1. The zero-order valence-electron chi connectivity index (χ0n) is 14.5. The Labute approximate surface area is 154 Å². The number of hydrogen-bond acceptors (Lipinski definition) is 6. The second kappa shape index (κ2) is 6.60. The van der Waals surface area contributed by atoms with Crippen molar-refractivity contribution in [1.29, 1.82) is 0 Å². The molecule has 0 spiro atoms. The van der Waals surface area contributed by atoms with Gasteiger partial charge in [-0.15, -0.1) is 11.3 Å². The fourth-order valence-electron chi connectivity index (χ4n) is 2.87. The summed E-state index contributed by atoms with van der Waals surface area (Å²) in [6, 6.07) is 3.13. The van der Waals surface area contributed by atoms with Crippen molar-refractivity contribution >= 4 is 33.4 Å². The quantitative estimate of drug-likeness (QED) is 0.759. The van der Waals surface area contributed by atoms with Crippen molar-refractivity contribution < 1.29 is 9.18 Å². The summed E-state index contributed by atoms with van der Waals surface area (Å²) in [5.41, 5.74) is 1.86. The lowest BCUT2D eigenvalue weighted by Gasteiger charge is -2.30. The number of aromatic nitrogens is 3. The van der Waals surface area contributed by atoms with E-state index in [2.05, 4.69) is 20.3 Å². The van der Waals surface area contributed by atoms with Crippen LogP contribution < -0.4 is 5.32 Å². The lowest BCUT2D eigenvalue weighted by molar-refractivity contribution is 0.0648. The smallest absolute Gasteiger partial charge is 0.274 e. The van der Waals surface area contributed by atoms with Gasteiger partial charge in [0.25, 0.3) is 5.91 Å². The highest BCUT2D eigenvalue weighted by molar-refractivity contribution is 7.19. The van der Waals surface area contributed by atoms with Gasteiger partial charge in [-0.1, -0.05) is 0 Å². The number of carbonyl (C=O) groups excluding carboxylic acids is 1. The number of nitrogens with one attached hydrogen (secondary N) is 1. The van der Waals surface area contributed by atoms with E-state index in [4.69, 9.17) is 0 Å². The van der Waals surface area contributed by atoms with Gasteiger partial charge >= 0.3 is 0 Å². The first-order valence-electron chi connectivity index (χ1n) is 8.45. The summed E-state index contributed by atoms with van der Waals surface area (Å²) in [7, 11) is 0. The number of fused-ring (bicyclic) bond motifs is 1. The second-order valence-corrected chi connectivity index (χ2v) is 7.67. The Bertz CT molecular complexity index is 985. The van der Waals surface area contributed by atoms with Gasteiger partial charge < -0.3 is 10.2 Å². The Hall–Kier alpha value is -2.61. The molecule has 1 amide bonds. The molecule has 0 aliphatic carbocycles. The molecule has 0 saturated carbocycles. The van der Waals surface area contributed by atoms with Crippen molar-refractivity contribution in [1.82, 2.24) is 19.9 Å². The Morgan fingerprint density at radius 2 is 2.12 bits per heavy atom. The van der Waals surface area contributed by atoms with Crippen LogP contribution in [0.2, 0.25) is 0 Å². The molecule has 6 nitrogen and oxygen atoms in total. The van der Waals surface area contributed by atoms with E-state index < -0.39 is 5.82 Å². The number of halogens is 1. The third kappa shape index (κ3) is 3.12. The maximum atomic E-state index is 13.4. The molecule has 3 aromatic heterocycles. The normalized spacial score (nSPS) is 15.0. The van der Waals surface area contributed by atoms with Gasteiger partial charge in [0.2, 0.25) is 5.95 Å². The van der Waals surface area contributed by atoms with Gasteiger partial charge in [0.05, 0.1) is 22.5 Å². The maximum absolute atomic E-state index is 13.4. The van der Waals surface area contributed by atoms with E-state index in [1.807, 2.05) is 19.9 Å². The van der Waals surface area contributed by atoms with E-state index in [9.17, 15) is 9.18 Å². The third-order valence-corrected chi connectivity index (χ3v) is 5.46. The predicted octanol–water partition coefficient (Wildman–Crippen LogP) is 3.55. The lowest BCUT2D eigenvalue weighted by atomic mass is 10.1. The molecule has 1 aliphatic rings. The summed E-state index contributed by atoms with van der Waals surface area (Å²) in [5.74, 6) is -0.0980. The van der Waals surface area contributed by atoms with E-state index in [0.29, 0.717) is 17.2 Å². The number of rotatable bonds is 4. The van der Waals surface area contributed by atoms with Crippen LogP contribution in [-0.2, 0) is 0 Å². The molecule has 4 heterocycles. The first-order valence-corrected chi connectivity index (χ1v) is 9.27. The fourth-order valence-corrected chi connectivity index (χ4v) is 3.80. The average molecular weight is 371 g/mol. The van der Waals surface area contributed by atoms with Crippen LogP contribution in [0, 0.1) is 12.7 Å². The summed E-state index contributed by atoms with van der Waals surface area (Å²) in [6.07, 6.45) is 3.79. The fraction of sp³-hybridized carbons (Fsp3) is 0.333. The standard InChI is InChI=1S/C18H18FN5OS/c1-10-6-14-16(26-10)15(17(25)24-4-3-5-24)23-18(22-14)21-11(2)12-7-13(19)9-20-8-12/h6-9,11H,3-5H2,1-2H3,(H,21,22,23)/t11-/m0/s1. The van der Waals surface area contributed by atoms with Gasteiger partial charge in [-0.3, -0.25) is 9.78 Å². The number of likely N-dealkylation sites (tertiary alicyclic amines) is 1. The van der Waals surface area contributed by atoms with Crippen LogP contribution in [0.5, 0.6) is 0 Å². The molecular formula is C18H18FN5OS. The number of hydrogen-bond donors (Lipinski definition) is 1. The van der Waals surface area contributed by atoms with E-state index in [0.717, 1.165) is 40.8 Å². The zero-order valence-corrected chi connectivity index (χ0v) is 15.3. The van der Waals surface area contributed by atoms with E-state index in [1.54, 1.807) is 11.1 Å². The minimum atomic E-state index is -0.394. The van der Waals surface area contributed by atoms with Crippen molar-refractivity contribution in [3.63, 3.8) is 0 Å². The van der Waals surface area contributed by atoms with Crippen molar-refractivity contribution in [2.24, 2.45) is 0 Å². The van der Waals surface area contributed by atoms with Crippen LogP contribution in [0.25, 0.3) is 10.2 Å². The molecule has 1 saturated heterocycles. The SMILES string of the molecule is Cc1cc2nc(N[C@@H](C)c3cncc(F)c3)nc(C(=O)N3CCC3)c2s1. The molecule has 0 unspecified atom stereocenters. The molecule has 1 N–H and O–H groups in total. The number of thiophene rings is 1. The molecule has 0 aromatic carbocycles. The number of pyridine rings is 1. The van der Waals surface area contributed by atoms with Crippen LogP contribution in [-0.4, -0.2) is 38.8 Å². The molecule has 0 bridgehead atoms. The topological polar surface area (TPSA) is 71.0 Å². The monoisotopic (exact) mass is 371 g/mol. The minimum absolute atomic E-state index is 0.0615. The number of aryl methyl sites for hydroxylation is 1. The van der Waals surface area contributed by atoms with Gasteiger partial charge in [0.1, 0.15) is 5.82 Å². The van der Waals surface area contributed by atoms with Crippen molar-refractivity contribution in [3.05, 3.63) is 46.5 Å². The van der Waals surface area contributed by atoms with Crippen LogP contribution in [0.3, 0.4) is 0 Å². The predicted molar refractivity (Wildman–Crippen MR) is 98.9 cm³/mol. The second-order valence-electron chi connectivity index (χ2n) is 6.42. The molecule has 134 valence electrons. The number of anilines is 1. The largest absolute Gasteiger partial charge is 0.348 e. The number of carbonyl (C=O) groups is 1. The molecule has 4 rings (SSSR count). The summed E-state index contributed by atoms with van der Waals surface area (Å²) in [5, 5.41) is 3.16. The maximum Gasteiger partial charge on any atom is 0.274 e. The van der Waals surface area contributed by atoms with Gasteiger partial charge in [0, 0.05) is 24.2 Å². The third-order valence-electron chi connectivity index (χ3n) is 4.41. The first kappa shape index (κ1) is 16.8. The van der Waals surface area contributed by atoms with E-state index in [-0.39, 0.29) is 11.9 Å². The molecule has 26 heavy (non-hydrogen) atoms. The van der Waals surface area contributed by atoms with E-state index >= 15 is 0 Å². The van der Waals surface area contributed by atoms with Crippen LogP contribution >= 0.6 is 11.3 Å². The van der Waals surface area contributed by atoms with Gasteiger partial charge in [-0.25, -0.2) is 14.4 Å². The zero-order chi connectivity index (χ0) is 18.3. The Morgan fingerprint density at radius 3 is 2.81 bits per heavy atom. The van der Waals surface area contributed by atoms with Gasteiger partial charge in [-0.05, 0) is 38.0 Å². The lowest BCUT2D eigenvalue weighted by Crippen LogP contribution is -2.42. The molecular weight excluding hydrogens is 353 g/mol. The van der Waals surface area contributed by atoms with Crippen LogP contribution in [0.4, 0.5) is 10.3 Å². The van der Waals surface area contributed by atoms with E-state index in [1.165, 1.54) is 17.4 Å². The summed E-state index contributed by atoms with van der Waals surface area (Å²) in [4.78, 5) is 28.5.